The molecule has 1 aliphatic rings. The SMILES string of the molecule is [O-]NN1CCC[C@H]1CO. The Balaban J connectivity index is 2.32. The first kappa shape index (κ1) is 6.95. The normalized spacial score (nSPS) is 29.3. The average Bonchev–Trinajstić information content (AvgIpc) is 2.33. The van der Waals surface area contributed by atoms with Gasteiger partial charge in [0.1, 0.15) is 0 Å². The van der Waals surface area contributed by atoms with Crippen LogP contribution in [-0.2, 0) is 0 Å². The van der Waals surface area contributed by atoms with Crippen LogP contribution in [0.25, 0.3) is 0 Å². The molecule has 0 aliphatic carbocycles. The van der Waals surface area contributed by atoms with Crippen molar-refractivity contribution in [2.24, 2.45) is 0 Å². The smallest absolute Gasteiger partial charge is 0.0600 e. The van der Waals surface area contributed by atoms with Crippen molar-refractivity contribution in [2.75, 3.05) is 13.2 Å². The number of aliphatic hydroxyl groups is 1. The van der Waals surface area contributed by atoms with E-state index < -0.39 is 0 Å². The van der Waals surface area contributed by atoms with Gasteiger partial charge in [-0.1, -0.05) is 0 Å². The monoisotopic (exact) mass is 131 g/mol. The van der Waals surface area contributed by atoms with E-state index in [9.17, 15) is 5.21 Å². The van der Waals surface area contributed by atoms with E-state index in [1.54, 1.807) is 5.59 Å². The van der Waals surface area contributed by atoms with E-state index in [4.69, 9.17) is 5.11 Å². The highest BCUT2D eigenvalue weighted by Crippen LogP contribution is 2.12. The van der Waals surface area contributed by atoms with Crippen LogP contribution in [-0.4, -0.2) is 29.3 Å². The fraction of sp³-hybridized carbons (Fsp3) is 1.00. The van der Waals surface area contributed by atoms with Crippen LogP contribution in [0.3, 0.4) is 0 Å². The van der Waals surface area contributed by atoms with Crippen LogP contribution in [0.5, 0.6) is 0 Å². The molecule has 2 N–H and O–H groups in total. The van der Waals surface area contributed by atoms with Crippen molar-refractivity contribution in [3.63, 3.8) is 0 Å². The summed E-state index contributed by atoms with van der Waals surface area (Å²) in [6, 6.07) is 0.0440. The van der Waals surface area contributed by atoms with Gasteiger partial charge >= 0.3 is 0 Å². The molecule has 0 bridgehead atoms. The summed E-state index contributed by atoms with van der Waals surface area (Å²) in [5, 5.41) is 20.2. The van der Waals surface area contributed by atoms with Crippen LogP contribution in [0.2, 0.25) is 0 Å². The molecule has 54 valence electrons. The molecule has 0 aromatic heterocycles. The van der Waals surface area contributed by atoms with Gasteiger partial charge in [-0.15, -0.1) is 0 Å². The number of rotatable bonds is 2. The molecular weight excluding hydrogens is 120 g/mol. The molecule has 0 radical (unpaired) electrons. The van der Waals surface area contributed by atoms with Gasteiger partial charge in [0.25, 0.3) is 0 Å². The summed E-state index contributed by atoms with van der Waals surface area (Å²) in [7, 11) is 0. The molecule has 9 heavy (non-hydrogen) atoms. The zero-order valence-electron chi connectivity index (χ0n) is 5.21. The third-order valence-electron chi connectivity index (χ3n) is 1.71. The van der Waals surface area contributed by atoms with Crippen molar-refractivity contribution in [1.29, 1.82) is 0 Å². The van der Waals surface area contributed by atoms with Crippen LogP contribution in [0, 0.1) is 5.21 Å². The highest BCUT2D eigenvalue weighted by molar-refractivity contribution is 4.75. The molecule has 4 nitrogen and oxygen atoms in total. The lowest BCUT2D eigenvalue weighted by molar-refractivity contribution is 0.130. The lowest BCUT2D eigenvalue weighted by atomic mass is 10.2. The van der Waals surface area contributed by atoms with E-state index in [0.717, 1.165) is 19.4 Å². The van der Waals surface area contributed by atoms with Gasteiger partial charge in [-0.25, -0.2) is 0 Å². The van der Waals surface area contributed by atoms with Crippen LogP contribution < -0.4 is 5.59 Å². The molecule has 0 amide bonds. The summed E-state index contributed by atoms with van der Waals surface area (Å²) >= 11 is 0. The highest BCUT2D eigenvalue weighted by atomic mass is 16.5. The van der Waals surface area contributed by atoms with E-state index in [1.807, 2.05) is 0 Å². The number of hydrogen-bond acceptors (Lipinski definition) is 4. The predicted molar refractivity (Wildman–Crippen MR) is 33.3 cm³/mol. The van der Waals surface area contributed by atoms with E-state index >= 15 is 0 Å². The van der Waals surface area contributed by atoms with Crippen LogP contribution in [0.1, 0.15) is 12.8 Å². The topological polar surface area (TPSA) is 58.6 Å². The molecule has 4 heteroatoms. The molecule has 1 aliphatic heterocycles. The molecule has 1 heterocycles. The van der Waals surface area contributed by atoms with Gasteiger partial charge in [0.15, 0.2) is 0 Å². The molecule has 0 unspecified atom stereocenters. The highest BCUT2D eigenvalue weighted by Gasteiger charge is 2.20. The first-order valence-corrected chi connectivity index (χ1v) is 3.13. The molecule has 1 fully saturated rings. The second-order valence-corrected chi connectivity index (χ2v) is 2.26. The molecule has 0 saturated carbocycles. The molecule has 1 rings (SSSR count). The number of hydrazine groups is 1. The summed E-state index contributed by atoms with van der Waals surface area (Å²) in [5.41, 5.74) is 1.79. The minimum Gasteiger partial charge on any atom is -0.774 e. The summed E-state index contributed by atoms with van der Waals surface area (Å²) < 4.78 is 0. The Morgan fingerprint density at radius 2 is 2.56 bits per heavy atom. The van der Waals surface area contributed by atoms with Gasteiger partial charge in [-0.2, -0.15) is 0 Å². The molecule has 0 spiro atoms. The van der Waals surface area contributed by atoms with Crippen LogP contribution in [0.15, 0.2) is 0 Å². The van der Waals surface area contributed by atoms with Gasteiger partial charge in [0, 0.05) is 12.6 Å². The summed E-state index contributed by atoms with van der Waals surface area (Å²) in [6.45, 7) is 0.837. The third-order valence-corrected chi connectivity index (χ3v) is 1.71. The Labute approximate surface area is 54.0 Å². The van der Waals surface area contributed by atoms with Crippen molar-refractivity contribution in [3.8, 4) is 0 Å². The summed E-state index contributed by atoms with van der Waals surface area (Å²) in [4.78, 5) is 0. The van der Waals surface area contributed by atoms with Crippen molar-refractivity contribution >= 4 is 0 Å². The number of aliphatic hydroxyl groups excluding tert-OH is 1. The Morgan fingerprint density at radius 1 is 1.78 bits per heavy atom. The zero-order valence-corrected chi connectivity index (χ0v) is 5.21. The van der Waals surface area contributed by atoms with E-state index in [-0.39, 0.29) is 12.6 Å². The van der Waals surface area contributed by atoms with Gasteiger partial charge in [-0.05, 0) is 12.8 Å². The van der Waals surface area contributed by atoms with Gasteiger partial charge in [0.2, 0.25) is 0 Å². The standard InChI is InChI=1S/C5H11N2O2/c8-4-5-2-1-3-7(5)6-9/h5-6,8H,1-4H2/q-1/t5-/m0/s1. The second kappa shape index (κ2) is 3.12. The van der Waals surface area contributed by atoms with Crippen molar-refractivity contribution < 1.29 is 5.11 Å². The number of nitrogens with one attached hydrogen (secondary N) is 1. The quantitative estimate of drug-likeness (QED) is 0.493. The van der Waals surface area contributed by atoms with Crippen molar-refractivity contribution in [1.82, 2.24) is 10.6 Å². The third kappa shape index (κ3) is 1.40. The van der Waals surface area contributed by atoms with Gasteiger partial charge in [-0.3, -0.25) is 5.01 Å². The number of hydrogen-bond donors (Lipinski definition) is 2. The Hall–Kier alpha value is -0.160. The molecule has 0 aromatic carbocycles. The average molecular weight is 131 g/mol. The predicted octanol–water partition coefficient (Wildman–Crippen LogP) is -0.554. The maximum atomic E-state index is 10.1. The molecular formula is C5H11N2O2-. The van der Waals surface area contributed by atoms with E-state index in [0.29, 0.717) is 0 Å². The first-order chi connectivity index (χ1) is 4.38. The van der Waals surface area contributed by atoms with E-state index in [1.165, 1.54) is 5.01 Å². The maximum absolute atomic E-state index is 10.1. The molecule has 0 aromatic rings. The largest absolute Gasteiger partial charge is 0.774 e. The Kier molecular flexibility index (Phi) is 2.41. The second-order valence-electron chi connectivity index (χ2n) is 2.26. The zero-order chi connectivity index (χ0) is 6.69. The van der Waals surface area contributed by atoms with E-state index in [2.05, 4.69) is 0 Å². The minimum atomic E-state index is 0.0440. The Bertz CT molecular complexity index is 79.0. The van der Waals surface area contributed by atoms with Crippen LogP contribution >= 0.6 is 0 Å². The van der Waals surface area contributed by atoms with Crippen molar-refractivity contribution in [2.45, 2.75) is 18.9 Å². The number of nitrogens with zero attached hydrogens (tertiary/aromatic N) is 1. The lowest BCUT2D eigenvalue weighted by Gasteiger charge is -2.26. The lowest BCUT2D eigenvalue weighted by Crippen LogP contribution is -2.39. The Morgan fingerprint density at radius 3 is 3.00 bits per heavy atom. The summed E-state index contributed by atoms with van der Waals surface area (Å²) in [6.07, 6.45) is 1.92. The minimum absolute atomic E-state index is 0.0440. The van der Waals surface area contributed by atoms with Crippen molar-refractivity contribution in [3.05, 3.63) is 5.21 Å². The fourth-order valence-corrected chi connectivity index (χ4v) is 1.15. The maximum Gasteiger partial charge on any atom is 0.0600 e. The summed E-state index contributed by atoms with van der Waals surface area (Å²) in [5.74, 6) is 0. The molecule has 1 atom stereocenters. The fourth-order valence-electron chi connectivity index (χ4n) is 1.15. The van der Waals surface area contributed by atoms with Gasteiger partial charge in [0.05, 0.1) is 6.61 Å². The van der Waals surface area contributed by atoms with Gasteiger partial charge < -0.3 is 15.9 Å². The first-order valence-electron chi connectivity index (χ1n) is 3.13. The molecule has 1 saturated heterocycles. The van der Waals surface area contributed by atoms with Crippen LogP contribution in [0.4, 0.5) is 0 Å².